The van der Waals surface area contributed by atoms with Crippen LogP contribution in [-0.4, -0.2) is 58.0 Å². The first-order valence-corrected chi connectivity index (χ1v) is 10.6. The number of hydrogen-bond donors (Lipinski definition) is 0. The SMILES string of the molecule is Cc1cc(C(=O)[C@H](C)OC(=O)CN2CCSC2=O)c(C)n1-c1ccc(OC(F)F)cc1. The Morgan fingerprint density at radius 2 is 1.87 bits per heavy atom. The van der Waals surface area contributed by atoms with Gasteiger partial charge in [0.05, 0.1) is 0 Å². The average Bonchev–Trinajstić information content (AvgIpc) is 3.23. The van der Waals surface area contributed by atoms with Gasteiger partial charge in [-0.3, -0.25) is 14.4 Å². The summed E-state index contributed by atoms with van der Waals surface area (Å²) in [5.74, 6) is -0.345. The third-order valence-corrected chi connectivity index (χ3v) is 5.75. The molecule has 166 valence electrons. The van der Waals surface area contributed by atoms with Gasteiger partial charge in [-0.05, 0) is 51.1 Å². The molecule has 0 saturated carbocycles. The maximum Gasteiger partial charge on any atom is 0.387 e. The number of thioether (sulfide) groups is 1. The molecule has 1 aliphatic heterocycles. The fraction of sp³-hybridized carbons (Fsp3) is 0.381. The Kier molecular flexibility index (Phi) is 6.99. The minimum Gasteiger partial charge on any atom is -0.453 e. The van der Waals surface area contributed by atoms with Crippen molar-refractivity contribution in [3.8, 4) is 11.4 Å². The summed E-state index contributed by atoms with van der Waals surface area (Å²) in [6, 6.07) is 7.75. The highest BCUT2D eigenvalue weighted by atomic mass is 32.2. The van der Waals surface area contributed by atoms with Crippen molar-refractivity contribution in [2.75, 3.05) is 18.8 Å². The number of aryl methyl sites for hydroxylation is 1. The molecular weight excluding hydrogens is 430 g/mol. The van der Waals surface area contributed by atoms with Crippen LogP contribution >= 0.6 is 11.8 Å². The number of Topliss-reactive ketones (excluding diaryl/α,β-unsaturated/α-hetero) is 1. The van der Waals surface area contributed by atoms with Gasteiger partial charge < -0.3 is 18.9 Å². The second-order valence-corrected chi connectivity index (χ2v) is 8.07. The van der Waals surface area contributed by atoms with Gasteiger partial charge in [-0.25, -0.2) is 0 Å². The third-order valence-electron chi connectivity index (χ3n) is 4.86. The van der Waals surface area contributed by atoms with E-state index in [4.69, 9.17) is 4.74 Å². The molecular formula is C21H22F2N2O5S. The van der Waals surface area contributed by atoms with Gasteiger partial charge in [-0.2, -0.15) is 8.78 Å². The monoisotopic (exact) mass is 452 g/mol. The zero-order valence-corrected chi connectivity index (χ0v) is 18.1. The van der Waals surface area contributed by atoms with E-state index in [9.17, 15) is 23.2 Å². The fourth-order valence-electron chi connectivity index (χ4n) is 3.42. The van der Waals surface area contributed by atoms with Crippen LogP contribution in [0.25, 0.3) is 5.69 Å². The first-order chi connectivity index (χ1) is 14.7. The predicted octanol–water partition coefficient (Wildman–Crippen LogP) is 3.98. The minimum atomic E-state index is -2.91. The van der Waals surface area contributed by atoms with E-state index in [1.807, 2.05) is 0 Å². The molecule has 1 aromatic heterocycles. The Hall–Kier alpha value is -2.88. The smallest absolute Gasteiger partial charge is 0.387 e. The Morgan fingerprint density at radius 1 is 1.19 bits per heavy atom. The number of carbonyl (C=O) groups is 3. The third kappa shape index (κ3) is 5.25. The molecule has 1 aliphatic rings. The zero-order chi connectivity index (χ0) is 22.7. The van der Waals surface area contributed by atoms with E-state index in [-0.39, 0.29) is 23.3 Å². The molecule has 2 heterocycles. The minimum absolute atomic E-state index is 0.0351. The van der Waals surface area contributed by atoms with Gasteiger partial charge >= 0.3 is 12.6 Å². The molecule has 2 aromatic rings. The first kappa shape index (κ1) is 22.8. The summed E-state index contributed by atoms with van der Waals surface area (Å²) < 4.78 is 36.1. The molecule has 0 spiro atoms. The predicted molar refractivity (Wildman–Crippen MR) is 111 cm³/mol. The molecule has 0 radical (unpaired) electrons. The lowest BCUT2D eigenvalue weighted by Crippen LogP contribution is -2.34. The average molecular weight is 452 g/mol. The largest absolute Gasteiger partial charge is 0.453 e. The lowest BCUT2D eigenvalue weighted by Gasteiger charge is -2.17. The molecule has 0 unspecified atom stereocenters. The van der Waals surface area contributed by atoms with Crippen LogP contribution in [-0.2, 0) is 9.53 Å². The number of benzene rings is 1. The number of alkyl halides is 2. The van der Waals surface area contributed by atoms with Gasteiger partial charge in [0, 0.05) is 34.9 Å². The van der Waals surface area contributed by atoms with Crippen LogP contribution in [0, 0.1) is 13.8 Å². The van der Waals surface area contributed by atoms with Crippen molar-refractivity contribution in [1.29, 1.82) is 0 Å². The van der Waals surface area contributed by atoms with Crippen molar-refractivity contribution in [2.45, 2.75) is 33.5 Å². The molecule has 0 bridgehead atoms. The number of esters is 1. The Balaban J connectivity index is 1.72. The molecule has 0 aliphatic carbocycles. The lowest BCUT2D eigenvalue weighted by atomic mass is 10.1. The number of carbonyl (C=O) groups excluding carboxylic acids is 3. The molecule has 1 amide bonds. The molecule has 7 nitrogen and oxygen atoms in total. The van der Waals surface area contributed by atoms with Gasteiger partial charge in [0.2, 0.25) is 5.78 Å². The van der Waals surface area contributed by atoms with Crippen LogP contribution in [0.1, 0.15) is 28.7 Å². The van der Waals surface area contributed by atoms with Crippen LogP contribution in [0.2, 0.25) is 0 Å². The van der Waals surface area contributed by atoms with Gasteiger partial charge in [0.1, 0.15) is 12.3 Å². The molecule has 1 atom stereocenters. The summed E-state index contributed by atoms with van der Waals surface area (Å²) in [7, 11) is 0. The zero-order valence-electron chi connectivity index (χ0n) is 17.3. The highest BCUT2D eigenvalue weighted by Gasteiger charge is 2.28. The van der Waals surface area contributed by atoms with E-state index in [0.29, 0.717) is 29.2 Å². The van der Waals surface area contributed by atoms with Crippen LogP contribution in [0.4, 0.5) is 13.6 Å². The summed E-state index contributed by atoms with van der Waals surface area (Å²) in [5, 5.41) is -0.176. The van der Waals surface area contributed by atoms with Crippen molar-refractivity contribution in [3.05, 3.63) is 47.3 Å². The number of amides is 1. The number of aromatic nitrogens is 1. The van der Waals surface area contributed by atoms with Crippen LogP contribution in [0.15, 0.2) is 30.3 Å². The number of halogens is 2. The number of ketones is 1. The lowest BCUT2D eigenvalue weighted by molar-refractivity contribution is -0.146. The molecule has 0 N–H and O–H groups in total. The summed E-state index contributed by atoms with van der Waals surface area (Å²) >= 11 is 1.14. The van der Waals surface area contributed by atoms with E-state index in [1.54, 1.807) is 36.6 Å². The number of rotatable bonds is 8. The van der Waals surface area contributed by atoms with Gasteiger partial charge in [-0.15, -0.1) is 0 Å². The van der Waals surface area contributed by atoms with E-state index in [2.05, 4.69) is 4.74 Å². The molecule has 1 saturated heterocycles. The molecule has 31 heavy (non-hydrogen) atoms. The normalized spacial score (nSPS) is 14.8. The van der Waals surface area contributed by atoms with E-state index in [1.165, 1.54) is 24.0 Å². The van der Waals surface area contributed by atoms with Gasteiger partial charge in [0.15, 0.2) is 6.10 Å². The number of nitrogens with zero attached hydrogens (tertiary/aromatic N) is 2. The van der Waals surface area contributed by atoms with Crippen molar-refractivity contribution in [1.82, 2.24) is 9.47 Å². The van der Waals surface area contributed by atoms with Crippen LogP contribution in [0.5, 0.6) is 5.75 Å². The molecule has 10 heteroatoms. The van der Waals surface area contributed by atoms with Crippen molar-refractivity contribution >= 4 is 28.8 Å². The topological polar surface area (TPSA) is 77.8 Å². The highest BCUT2D eigenvalue weighted by Crippen LogP contribution is 2.25. The Morgan fingerprint density at radius 3 is 2.45 bits per heavy atom. The highest BCUT2D eigenvalue weighted by molar-refractivity contribution is 8.13. The quantitative estimate of drug-likeness (QED) is 0.445. The van der Waals surface area contributed by atoms with Crippen molar-refractivity contribution in [2.24, 2.45) is 0 Å². The summed E-state index contributed by atoms with van der Waals surface area (Å²) in [6.07, 6.45) is -1.02. The standard InChI is InChI=1S/C21H22F2N2O5S/c1-12-10-17(13(2)25(12)15-4-6-16(7-5-15)30-20(22)23)19(27)14(3)29-18(26)11-24-8-9-31-21(24)28/h4-7,10,14,20H,8-9,11H2,1-3H3/t14-/m0/s1. The van der Waals surface area contributed by atoms with Gasteiger partial charge in [0.25, 0.3) is 5.24 Å². The first-order valence-electron chi connectivity index (χ1n) is 9.57. The molecule has 1 aromatic carbocycles. The summed E-state index contributed by atoms with van der Waals surface area (Å²) in [4.78, 5) is 38.0. The van der Waals surface area contributed by atoms with Crippen LogP contribution < -0.4 is 4.74 Å². The maximum atomic E-state index is 12.9. The van der Waals surface area contributed by atoms with E-state index in [0.717, 1.165) is 17.5 Å². The molecule has 1 fully saturated rings. The maximum absolute atomic E-state index is 12.9. The Labute approximate surface area is 182 Å². The second kappa shape index (κ2) is 9.51. The fourth-order valence-corrected chi connectivity index (χ4v) is 4.24. The summed E-state index contributed by atoms with van der Waals surface area (Å²) in [6.45, 7) is 2.43. The van der Waals surface area contributed by atoms with Crippen molar-refractivity contribution < 1.29 is 32.6 Å². The van der Waals surface area contributed by atoms with E-state index < -0.39 is 18.7 Å². The molecule has 3 rings (SSSR count). The van der Waals surface area contributed by atoms with Crippen molar-refractivity contribution in [3.63, 3.8) is 0 Å². The second-order valence-electron chi connectivity index (χ2n) is 7.02. The summed E-state index contributed by atoms with van der Waals surface area (Å²) in [5.41, 5.74) is 2.43. The number of ether oxygens (including phenoxy) is 2. The van der Waals surface area contributed by atoms with Crippen LogP contribution in [0.3, 0.4) is 0 Å². The van der Waals surface area contributed by atoms with Gasteiger partial charge in [-0.1, -0.05) is 11.8 Å². The van der Waals surface area contributed by atoms with E-state index >= 15 is 0 Å². The number of hydrogen-bond acceptors (Lipinski definition) is 6. The Bertz CT molecular complexity index is 990.